The number of esters is 1. The van der Waals surface area contributed by atoms with Gasteiger partial charge in [0.25, 0.3) is 5.91 Å². The Morgan fingerprint density at radius 3 is 2.10 bits per heavy atom. The molecule has 0 saturated carbocycles. The minimum Gasteiger partial charge on any atom is -0.460 e. The number of nitrogens with two attached hydrogens (primary N) is 1. The first-order chi connectivity index (χ1) is 23.7. The van der Waals surface area contributed by atoms with Gasteiger partial charge in [-0.25, -0.2) is 4.98 Å². The number of nitrogens with zero attached hydrogens (tertiary/aromatic N) is 4. The summed E-state index contributed by atoms with van der Waals surface area (Å²) in [5.74, 6) is -1.87. The first-order valence-corrected chi connectivity index (χ1v) is 18.0. The number of aromatic nitrogens is 2. The predicted octanol–water partition coefficient (Wildman–Crippen LogP) is 6.37. The Hall–Kier alpha value is -4.47. The maximum atomic E-state index is 15.0. The molecular formula is C40H55N5O5. The number of hydrogen-bond acceptors (Lipinski definition) is 6. The van der Waals surface area contributed by atoms with Gasteiger partial charge in [0, 0.05) is 43.6 Å². The van der Waals surface area contributed by atoms with E-state index in [0.717, 1.165) is 24.1 Å². The minimum atomic E-state index is -0.676. The van der Waals surface area contributed by atoms with Gasteiger partial charge < -0.3 is 24.8 Å². The summed E-state index contributed by atoms with van der Waals surface area (Å²) in [6.07, 6.45) is 4.82. The monoisotopic (exact) mass is 685 g/mol. The molecule has 1 aliphatic rings. The molecule has 0 fully saturated rings. The molecule has 50 heavy (non-hydrogen) atoms. The average molecular weight is 686 g/mol. The molecule has 0 radical (unpaired) electrons. The molecule has 2 N–H and O–H groups in total. The standard InChI is InChI=1S/C40H55N5O5/c1-8-21-43(33(22-28(9-2)39(49)50-40(5,6)7)25-44(27(3)4)35(47)20-19-34(41)46)38(48)36-37(29-15-11-10-12-16-29)45(26-42-36)32-23-30-17-13-14-18-31(30)24-32/h10-18,26-28,32-33H,8-9,19-25H2,1-7H3,(H2,41,46)/t28?,33-/m0/s1. The Labute approximate surface area is 297 Å². The fourth-order valence-electron chi connectivity index (χ4n) is 6.88. The summed E-state index contributed by atoms with van der Waals surface area (Å²) in [5.41, 5.74) is 9.30. The molecule has 3 aromatic rings. The fraction of sp³-hybridized carbons (Fsp3) is 0.525. The zero-order valence-electron chi connectivity index (χ0n) is 30.9. The lowest BCUT2D eigenvalue weighted by Crippen LogP contribution is -2.52. The first kappa shape index (κ1) is 38.3. The number of primary amides is 1. The van der Waals surface area contributed by atoms with Gasteiger partial charge >= 0.3 is 5.97 Å². The van der Waals surface area contributed by atoms with Crippen molar-refractivity contribution in [3.8, 4) is 11.3 Å². The van der Waals surface area contributed by atoms with Crippen LogP contribution in [0.2, 0.25) is 0 Å². The van der Waals surface area contributed by atoms with E-state index >= 15 is 0 Å². The van der Waals surface area contributed by atoms with Crippen molar-refractivity contribution in [3.63, 3.8) is 0 Å². The van der Waals surface area contributed by atoms with Crippen LogP contribution in [0.15, 0.2) is 60.9 Å². The Bertz CT molecular complexity index is 1600. The van der Waals surface area contributed by atoms with Crippen LogP contribution in [-0.4, -0.2) is 73.8 Å². The second kappa shape index (κ2) is 17.0. The molecule has 2 aromatic carbocycles. The van der Waals surface area contributed by atoms with E-state index in [1.807, 2.05) is 78.8 Å². The van der Waals surface area contributed by atoms with Gasteiger partial charge in [0.05, 0.1) is 24.0 Å². The summed E-state index contributed by atoms with van der Waals surface area (Å²) in [6.45, 7) is 13.8. The van der Waals surface area contributed by atoms with Gasteiger partial charge in [-0.3, -0.25) is 19.2 Å². The highest BCUT2D eigenvalue weighted by atomic mass is 16.6. The van der Waals surface area contributed by atoms with E-state index in [2.05, 4.69) is 28.8 Å². The molecule has 10 nitrogen and oxygen atoms in total. The van der Waals surface area contributed by atoms with E-state index < -0.39 is 23.5 Å². The lowest BCUT2D eigenvalue weighted by atomic mass is 9.94. The number of imidazole rings is 1. The second-order valence-corrected chi connectivity index (χ2v) is 14.7. The summed E-state index contributed by atoms with van der Waals surface area (Å²) in [4.78, 5) is 61.9. The van der Waals surface area contributed by atoms with Crippen LogP contribution in [0, 0.1) is 5.92 Å². The zero-order valence-corrected chi connectivity index (χ0v) is 30.9. The maximum Gasteiger partial charge on any atom is 0.309 e. The lowest BCUT2D eigenvalue weighted by Gasteiger charge is -2.38. The van der Waals surface area contributed by atoms with Crippen LogP contribution in [0.1, 0.15) is 108 Å². The van der Waals surface area contributed by atoms with Gasteiger partial charge in [-0.1, -0.05) is 68.4 Å². The number of rotatable bonds is 16. The van der Waals surface area contributed by atoms with Gasteiger partial charge in [0.15, 0.2) is 5.69 Å². The SMILES string of the molecule is CCCN(C(=O)c1ncn(C2Cc3ccccc3C2)c1-c1ccccc1)[C@@H](CC(CC)C(=O)OC(C)(C)C)CN(C(=O)CCC(N)=O)C(C)C. The van der Waals surface area contributed by atoms with E-state index in [-0.39, 0.29) is 49.3 Å². The van der Waals surface area contributed by atoms with Crippen LogP contribution in [-0.2, 0) is 32.0 Å². The fourth-order valence-corrected chi connectivity index (χ4v) is 6.88. The largest absolute Gasteiger partial charge is 0.460 e. The Balaban J connectivity index is 1.78. The third-order valence-electron chi connectivity index (χ3n) is 9.36. The average Bonchev–Trinajstić information content (AvgIpc) is 3.70. The number of fused-ring (bicyclic) bond motifs is 1. The number of amides is 3. The number of ether oxygens (including phenoxy) is 1. The number of hydrogen-bond donors (Lipinski definition) is 1. The van der Waals surface area contributed by atoms with Gasteiger partial charge in [-0.15, -0.1) is 0 Å². The highest BCUT2D eigenvalue weighted by molar-refractivity contribution is 5.98. The molecule has 1 aliphatic carbocycles. The van der Waals surface area contributed by atoms with Crippen molar-refractivity contribution >= 4 is 23.7 Å². The summed E-state index contributed by atoms with van der Waals surface area (Å²) >= 11 is 0. The van der Waals surface area contributed by atoms with Crippen molar-refractivity contribution in [2.45, 2.75) is 117 Å². The number of carbonyl (C=O) groups excluding carboxylic acids is 4. The highest BCUT2D eigenvalue weighted by Crippen LogP contribution is 2.36. The van der Waals surface area contributed by atoms with E-state index in [9.17, 15) is 19.2 Å². The predicted molar refractivity (Wildman–Crippen MR) is 195 cm³/mol. The van der Waals surface area contributed by atoms with Crippen LogP contribution >= 0.6 is 0 Å². The molecule has 1 unspecified atom stereocenters. The molecule has 0 saturated heterocycles. The van der Waals surface area contributed by atoms with Crippen LogP contribution in [0.3, 0.4) is 0 Å². The number of benzene rings is 2. The summed E-state index contributed by atoms with van der Waals surface area (Å²) in [5, 5.41) is 0. The van der Waals surface area contributed by atoms with E-state index in [4.69, 9.17) is 15.5 Å². The summed E-state index contributed by atoms with van der Waals surface area (Å²) in [6, 6.07) is 17.7. The van der Waals surface area contributed by atoms with Crippen LogP contribution in [0.4, 0.5) is 0 Å². The third kappa shape index (κ3) is 9.61. The molecule has 1 heterocycles. The second-order valence-electron chi connectivity index (χ2n) is 14.7. The molecule has 0 aliphatic heterocycles. The van der Waals surface area contributed by atoms with Crippen molar-refractivity contribution < 1.29 is 23.9 Å². The highest BCUT2D eigenvalue weighted by Gasteiger charge is 2.36. The Morgan fingerprint density at radius 2 is 1.56 bits per heavy atom. The lowest BCUT2D eigenvalue weighted by molar-refractivity contribution is -0.161. The Morgan fingerprint density at radius 1 is 0.940 bits per heavy atom. The quantitative estimate of drug-likeness (QED) is 0.175. The van der Waals surface area contributed by atoms with Gasteiger partial charge in [-0.2, -0.15) is 0 Å². The molecule has 0 spiro atoms. The van der Waals surface area contributed by atoms with Crippen LogP contribution in [0.25, 0.3) is 11.3 Å². The van der Waals surface area contributed by atoms with Gasteiger partial charge in [0.1, 0.15) is 5.60 Å². The van der Waals surface area contributed by atoms with Crippen LogP contribution < -0.4 is 5.73 Å². The van der Waals surface area contributed by atoms with Crippen molar-refractivity contribution in [3.05, 3.63) is 77.7 Å². The molecule has 1 aromatic heterocycles. The van der Waals surface area contributed by atoms with E-state index in [1.54, 1.807) is 16.1 Å². The molecule has 2 atom stereocenters. The third-order valence-corrected chi connectivity index (χ3v) is 9.36. The van der Waals surface area contributed by atoms with Crippen molar-refractivity contribution in [2.75, 3.05) is 13.1 Å². The minimum absolute atomic E-state index is 0.0302. The van der Waals surface area contributed by atoms with Crippen LogP contribution in [0.5, 0.6) is 0 Å². The molecule has 10 heteroatoms. The molecule has 0 bridgehead atoms. The van der Waals surface area contributed by atoms with Crippen molar-refractivity contribution in [1.29, 1.82) is 0 Å². The molecule has 4 rings (SSSR count). The Kier molecular flexibility index (Phi) is 13.0. The topological polar surface area (TPSA) is 128 Å². The first-order valence-electron chi connectivity index (χ1n) is 18.0. The maximum absolute atomic E-state index is 15.0. The smallest absolute Gasteiger partial charge is 0.309 e. The van der Waals surface area contributed by atoms with Gasteiger partial charge in [-0.05, 0) is 77.8 Å². The normalized spacial score (nSPS) is 14.2. The van der Waals surface area contributed by atoms with Gasteiger partial charge in [0.2, 0.25) is 11.8 Å². The van der Waals surface area contributed by atoms with Crippen molar-refractivity contribution in [1.82, 2.24) is 19.4 Å². The van der Waals surface area contributed by atoms with Crippen molar-refractivity contribution in [2.24, 2.45) is 11.7 Å². The molecule has 270 valence electrons. The molecular weight excluding hydrogens is 630 g/mol. The van der Waals surface area contributed by atoms with E-state index in [0.29, 0.717) is 31.5 Å². The molecule has 3 amide bonds. The summed E-state index contributed by atoms with van der Waals surface area (Å²) in [7, 11) is 0. The van der Waals surface area contributed by atoms with E-state index in [1.165, 1.54) is 11.1 Å². The zero-order chi connectivity index (χ0) is 36.6. The number of carbonyl (C=O) groups is 4. The summed E-state index contributed by atoms with van der Waals surface area (Å²) < 4.78 is 7.96.